The number of nitrogens with zero attached hydrogens (tertiary/aromatic N) is 2. The molecule has 1 aromatic carbocycles. The maximum absolute atomic E-state index is 11.6. The number of aromatic nitrogens is 1. The van der Waals surface area contributed by atoms with Crippen LogP contribution in [0.25, 0.3) is 0 Å². The van der Waals surface area contributed by atoms with Crippen LogP contribution in [-0.2, 0) is 12.1 Å². The highest BCUT2D eigenvalue weighted by atomic mass is 16.5. The van der Waals surface area contributed by atoms with Gasteiger partial charge < -0.3 is 9.84 Å². The number of hydrogen-bond acceptors (Lipinski definition) is 4. The van der Waals surface area contributed by atoms with Crippen molar-refractivity contribution in [2.45, 2.75) is 63.7 Å². The second-order valence-electron chi connectivity index (χ2n) is 9.32. The molecule has 154 valence electrons. The van der Waals surface area contributed by atoms with Crippen molar-refractivity contribution in [3.8, 4) is 5.75 Å². The fourth-order valence-corrected chi connectivity index (χ4v) is 5.92. The minimum atomic E-state index is -0.787. The fourth-order valence-electron chi connectivity index (χ4n) is 5.92. The second kappa shape index (κ2) is 7.73. The number of aliphatic hydroxyl groups is 1. The Morgan fingerprint density at radius 2 is 1.93 bits per heavy atom. The smallest absolute Gasteiger partial charge is 0.124 e. The van der Waals surface area contributed by atoms with Gasteiger partial charge in [-0.05, 0) is 69.1 Å². The lowest BCUT2D eigenvalue weighted by atomic mass is 9.83. The molecule has 29 heavy (non-hydrogen) atoms. The Morgan fingerprint density at radius 3 is 2.76 bits per heavy atom. The molecule has 2 saturated carbocycles. The first kappa shape index (κ1) is 19.1. The highest BCUT2D eigenvalue weighted by Crippen LogP contribution is 2.50. The van der Waals surface area contributed by atoms with Gasteiger partial charge >= 0.3 is 0 Å². The third-order valence-electron chi connectivity index (χ3n) is 7.41. The molecular weight excluding hydrogens is 360 g/mol. The monoisotopic (exact) mass is 392 g/mol. The summed E-state index contributed by atoms with van der Waals surface area (Å²) in [6.07, 6.45) is 9.03. The summed E-state index contributed by atoms with van der Waals surface area (Å²) >= 11 is 0. The fraction of sp³-hybridized carbons (Fsp3) is 0.560. The van der Waals surface area contributed by atoms with Gasteiger partial charge in [-0.3, -0.25) is 9.88 Å². The van der Waals surface area contributed by atoms with E-state index in [1.54, 1.807) is 0 Å². The molecule has 0 radical (unpaired) electrons. The van der Waals surface area contributed by atoms with Crippen molar-refractivity contribution in [3.63, 3.8) is 0 Å². The molecule has 2 heterocycles. The quantitative estimate of drug-likeness (QED) is 0.817. The number of rotatable bonds is 5. The van der Waals surface area contributed by atoms with E-state index in [9.17, 15) is 5.11 Å². The van der Waals surface area contributed by atoms with E-state index in [0.717, 1.165) is 49.5 Å². The van der Waals surface area contributed by atoms with Crippen molar-refractivity contribution in [1.82, 2.24) is 9.88 Å². The van der Waals surface area contributed by atoms with Crippen LogP contribution in [0.1, 0.15) is 55.3 Å². The van der Waals surface area contributed by atoms with Gasteiger partial charge in [-0.1, -0.05) is 24.3 Å². The first-order valence-corrected chi connectivity index (χ1v) is 11.2. The molecule has 5 rings (SSSR count). The molecule has 1 saturated heterocycles. The first-order chi connectivity index (χ1) is 14.1. The van der Waals surface area contributed by atoms with Crippen molar-refractivity contribution in [2.75, 3.05) is 13.1 Å². The van der Waals surface area contributed by atoms with E-state index in [0.29, 0.717) is 12.0 Å². The van der Waals surface area contributed by atoms with E-state index in [4.69, 9.17) is 4.74 Å². The summed E-state index contributed by atoms with van der Waals surface area (Å²) in [6, 6.07) is 12.5. The van der Waals surface area contributed by atoms with E-state index in [-0.39, 0.29) is 5.92 Å². The van der Waals surface area contributed by atoms with Crippen molar-refractivity contribution in [2.24, 2.45) is 11.8 Å². The zero-order valence-electron chi connectivity index (χ0n) is 17.4. The van der Waals surface area contributed by atoms with Gasteiger partial charge in [0.15, 0.2) is 0 Å². The van der Waals surface area contributed by atoms with Gasteiger partial charge in [0.2, 0.25) is 0 Å². The molecule has 1 aliphatic heterocycles. The Labute approximate surface area is 173 Å². The predicted octanol–water partition coefficient (Wildman–Crippen LogP) is 4.44. The molecule has 3 atom stereocenters. The molecule has 0 amide bonds. The molecule has 2 aromatic rings. The largest absolute Gasteiger partial charge is 0.490 e. The van der Waals surface area contributed by atoms with Gasteiger partial charge in [-0.2, -0.15) is 0 Å². The Kier molecular flexibility index (Phi) is 5.09. The normalized spacial score (nSPS) is 30.0. The maximum Gasteiger partial charge on any atom is 0.124 e. The van der Waals surface area contributed by atoms with Crippen LogP contribution in [0.4, 0.5) is 0 Å². The summed E-state index contributed by atoms with van der Waals surface area (Å²) in [5.74, 6) is 1.86. The standard InChI is InChI=1S/C25H32N2O2/c1-18-7-6-14-26-24(18)25(28)13-12-19-15-27(17-22(19)25)16-20-8-2-5-11-23(20)29-21-9-3-4-10-21/h2,5-8,11,14,19,21-22,28H,3-4,9-10,12-13,15-17H2,1H3/t19-,22+,25-/m1/s1. The number of para-hydroxylation sites is 1. The summed E-state index contributed by atoms with van der Waals surface area (Å²) < 4.78 is 6.35. The van der Waals surface area contributed by atoms with Gasteiger partial charge in [0, 0.05) is 37.3 Å². The van der Waals surface area contributed by atoms with Crippen LogP contribution in [0.2, 0.25) is 0 Å². The Balaban J connectivity index is 1.31. The molecule has 0 spiro atoms. The summed E-state index contributed by atoms with van der Waals surface area (Å²) in [6.45, 7) is 4.94. The van der Waals surface area contributed by atoms with Crippen LogP contribution in [0.15, 0.2) is 42.6 Å². The van der Waals surface area contributed by atoms with Crippen LogP contribution in [0, 0.1) is 18.8 Å². The zero-order chi connectivity index (χ0) is 19.8. The topological polar surface area (TPSA) is 45.6 Å². The van der Waals surface area contributed by atoms with Crippen molar-refractivity contribution in [1.29, 1.82) is 0 Å². The number of hydrogen-bond donors (Lipinski definition) is 1. The lowest BCUT2D eigenvalue weighted by molar-refractivity contribution is -0.0114. The van der Waals surface area contributed by atoms with Crippen LogP contribution in [-0.4, -0.2) is 34.2 Å². The number of pyridine rings is 1. The van der Waals surface area contributed by atoms with Gasteiger partial charge in [-0.15, -0.1) is 0 Å². The molecule has 3 fully saturated rings. The number of benzene rings is 1. The summed E-state index contributed by atoms with van der Waals surface area (Å²) in [7, 11) is 0. The Bertz CT molecular complexity index is 863. The molecular formula is C25H32N2O2. The van der Waals surface area contributed by atoms with E-state index in [1.165, 1.54) is 31.2 Å². The number of likely N-dealkylation sites (tertiary alicyclic amines) is 1. The predicted molar refractivity (Wildman–Crippen MR) is 114 cm³/mol. The van der Waals surface area contributed by atoms with Gasteiger partial charge in [0.05, 0.1) is 11.8 Å². The minimum Gasteiger partial charge on any atom is -0.490 e. The molecule has 0 bridgehead atoms. The van der Waals surface area contributed by atoms with Crippen LogP contribution < -0.4 is 4.74 Å². The van der Waals surface area contributed by atoms with Gasteiger partial charge in [0.25, 0.3) is 0 Å². The van der Waals surface area contributed by atoms with Crippen molar-refractivity contribution < 1.29 is 9.84 Å². The van der Waals surface area contributed by atoms with Crippen molar-refractivity contribution in [3.05, 3.63) is 59.4 Å². The maximum atomic E-state index is 11.6. The summed E-state index contributed by atoms with van der Waals surface area (Å²) in [5, 5.41) is 11.6. The molecule has 3 aliphatic rings. The van der Waals surface area contributed by atoms with E-state index in [2.05, 4.69) is 47.1 Å². The van der Waals surface area contributed by atoms with Crippen LogP contribution in [0.5, 0.6) is 5.75 Å². The zero-order valence-corrected chi connectivity index (χ0v) is 17.4. The molecule has 1 N–H and O–H groups in total. The number of ether oxygens (including phenoxy) is 1. The van der Waals surface area contributed by atoms with Crippen LogP contribution in [0.3, 0.4) is 0 Å². The Hall–Kier alpha value is -1.91. The third-order valence-corrected chi connectivity index (χ3v) is 7.41. The molecule has 4 nitrogen and oxygen atoms in total. The molecule has 4 heteroatoms. The van der Waals surface area contributed by atoms with Gasteiger partial charge in [-0.25, -0.2) is 0 Å². The summed E-state index contributed by atoms with van der Waals surface area (Å²) in [4.78, 5) is 7.09. The average Bonchev–Trinajstić information content (AvgIpc) is 3.43. The molecule has 0 unspecified atom stereocenters. The lowest BCUT2D eigenvalue weighted by Crippen LogP contribution is -2.36. The van der Waals surface area contributed by atoms with Crippen LogP contribution >= 0.6 is 0 Å². The second-order valence-corrected chi connectivity index (χ2v) is 9.32. The summed E-state index contributed by atoms with van der Waals surface area (Å²) in [5.41, 5.74) is 2.48. The number of fused-ring (bicyclic) bond motifs is 1. The highest BCUT2D eigenvalue weighted by molar-refractivity contribution is 5.34. The Morgan fingerprint density at radius 1 is 1.10 bits per heavy atom. The van der Waals surface area contributed by atoms with E-state index >= 15 is 0 Å². The average molecular weight is 393 g/mol. The third kappa shape index (κ3) is 3.57. The SMILES string of the molecule is Cc1cccnc1[C@@]1(O)CC[C@@H]2CN(Cc3ccccc3OC3CCCC3)C[C@@H]21. The first-order valence-electron chi connectivity index (χ1n) is 11.2. The van der Waals surface area contributed by atoms with Crippen molar-refractivity contribution >= 4 is 0 Å². The van der Waals surface area contributed by atoms with Gasteiger partial charge in [0.1, 0.15) is 11.4 Å². The number of aryl methyl sites for hydroxylation is 1. The highest BCUT2D eigenvalue weighted by Gasteiger charge is 2.53. The van der Waals surface area contributed by atoms with E-state index < -0.39 is 5.60 Å². The minimum absolute atomic E-state index is 0.263. The van der Waals surface area contributed by atoms with E-state index in [1.807, 2.05) is 12.3 Å². The lowest BCUT2D eigenvalue weighted by Gasteiger charge is -2.31. The molecule has 2 aliphatic carbocycles. The molecule has 1 aromatic heterocycles.